The summed E-state index contributed by atoms with van der Waals surface area (Å²) >= 11 is 8.88. The van der Waals surface area contributed by atoms with Gasteiger partial charge >= 0.3 is 5.97 Å². The highest BCUT2D eigenvalue weighted by molar-refractivity contribution is 7.15. The van der Waals surface area contributed by atoms with Crippen LogP contribution < -0.4 is 5.32 Å². The summed E-state index contributed by atoms with van der Waals surface area (Å²) in [6.07, 6.45) is 1.93. The van der Waals surface area contributed by atoms with Crippen molar-refractivity contribution in [2.75, 3.05) is 7.11 Å². The largest absolute Gasteiger partial charge is 0.469 e. The van der Waals surface area contributed by atoms with E-state index in [0.29, 0.717) is 17.3 Å². The minimum atomic E-state index is -0.233. The number of thiophene rings is 1. The maximum atomic E-state index is 11.4. The van der Waals surface area contributed by atoms with Crippen LogP contribution in [0.5, 0.6) is 0 Å². The molecule has 0 aliphatic carbocycles. The van der Waals surface area contributed by atoms with Crippen molar-refractivity contribution in [3.05, 3.63) is 37.9 Å². The SMILES string of the molecule is COC(=O)CC(NCc1ncc(Cl)s1)c1cccs1. The Labute approximate surface area is 124 Å². The van der Waals surface area contributed by atoms with Gasteiger partial charge in [0.05, 0.1) is 25.8 Å². The van der Waals surface area contributed by atoms with Crippen LogP contribution in [0.25, 0.3) is 0 Å². The number of carbonyl (C=O) groups is 1. The second-order valence-electron chi connectivity index (χ2n) is 3.79. The third-order valence-corrected chi connectivity index (χ3v) is 4.61. The topological polar surface area (TPSA) is 51.2 Å². The average molecular weight is 317 g/mol. The minimum Gasteiger partial charge on any atom is -0.469 e. The van der Waals surface area contributed by atoms with Crippen molar-refractivity contribution >= 4 is 40.2 Å². The Kier molecular flexibility index (Phi) is 5.33. The maximum absolute atomic E-state index is 11.4. The number of methoxy groups -OCH3 is 1. The summed E-state index contributed by atoms with van der Waals surface area (Å²) in [5.74, 6) is -0.233. The monoisotopic (exact) mass is 316 g/mol. The Balaban J connectivity index is 1.99. The number of nitrogens with one attached hydrogen (secondary N) is 1. The molecule has 0 saturated carbocycles. The Morgan fingerprint density at radius 3 is 3.05 bits per heavy atom. The molecule has 0 amide bonds. The Morgan fingerprint density at radius 1 is 1.63 bits per heavy atom. The molecule has 0 spiro atoms. The lowest BCUT2D eigenvalue weighted by Crippen LogP contribution is -2.23. The lowest BCUT2D eigenvalue weighted by atomic mass is 10.1. The molecule has 0 aliphatic heterocycles. The highest BCUT2D eigenvalue weighted by atomic mass is 35.5. The molecule has 0 saturated heterocycles. The van der Waals surface area contributed by atoms with Crippen molar-refractivity contribution in [3.63, 3.8) is 0 Å². The van der Waals surface area contributed by atoms with Crippen LogP contribution in [0.15, 0.2) is 23.7 Å². The number of carbonyl (C=O) groups excluding carboxylic acids is 1. The van der Waals surface area contributed by atoms with E-state index in [1.807, 2.05) is 17.5 Å². The van der Waals surface area contributed by atoms with Crippen molar-refractivity contribution in [2.24, 2.45) is 0 Å². The molecular weight excluding hydrogens is 304 g/mol. The fourth-order valence-electron chi connectivity index (χ4n) is 1.59. The predicted octanol–water partition coefficient (Wildman–Crippen LogP) is 3.25. The van der Waals surface area contributed by atoms with Gasteiger partial charge in [-0.2, -0.15) is 0 Å². The molecule has 1 N–H and O–H groups in total. The van der Waals surface area contributed by atoms with Crippen LogP contribution in [-0.4, -0.2) is 18.1 Å². The van der Waals surface area contributed by atoms with Crippen molar-refractivity contribution in [1.82, 2.24) is 10.3 Å². The Bertz CT molecular complexity index is 528. The summed E-state index contributed by atoms with van der Waals surface area (Å²) in [6.45, 7) is 0.580. The van der Waals surface area contributed by atoms with Gasteiger partial charge in [0.1, 0.15) is 9.34 Å². The van der Waals surface area contributed by atoms with Gasteiger partial charge in [0.25, 0.3) is 0 Å². The first-order valence-electron chi connectivity index (χ1n) is 5.63. The van der Waals surface area contributed by atoms with Crippen molar-refractivity contribution < 1.29 is 9.53 Å². The summed E-state index contributed by atoms with van der Waals surface area (Å²) in [5, 5.41) is 6.20. The first kappa shape index (κ1) is 14.5. The number of aromatic nitrogens is 1. The highest BCUT2D eigenvalue weighted by Gasteiger charge is 2.17. The number of nitrogens with zero attached hydrogens (tertiary/aromatic N) is 1. The third kappa shape index (κ3) is 4.28. The minimum absolute atomic E-state index is 0.0601. The summed E-state index contributed by atoms with van der Waals surface area (Å²) in [5.41, 5.74) is 0. The Hall–Kier alpha value is -0.950. The van der Waals surface area contributed by atoms with Crippen LogP contribution in [0.4, 0.5) is 0 Å². The van der Waals surface area contributed by atoms with E-state index in [9.17, 15) is 4.79 Å². The normalized spacial score (nSPS) is 12.3. The number of esters is 1. The summed E-state index contributed by atoms with van der Waals surface area (Å²) < 4.78 is 5.39. The first-order valence-corrected chi connectivity index (χ1v) is 7.70. The predicted molar refractivity (Wildman–Crippen MR) is 77.7 cm³/mol. The zero-order valence-corrected chi connectivity index (χ0v) is 12.6. The van der Waals surface area contributed by atoms with Gasteiger partial charge in [-0.05, 0) is 11.4 Å². The number of rotatable bonds is 6. The number of thiazole rings is 1. The molecule has 19 heavy (non-hydrogen) atoms. The van der Waals surface area contributed by atoms with E-state index in [4.69, 9.17) is 16.3 Å². The number of hydrogen-bond donors (Lipinski definition) is 1. The molecule has 1 atom stereocenters. The molecule has 2 aromatic heterocycles. The van der Waals surface area contributed by atoms with Crippen molar-refractivity contribution in [3.8, 4) is 0 Å². The van der Waals surface area contributed by atoms with Crippen molar-refractivity contribution in [2.45, 2.75) is 19.0 Å². The molecule has 2 aromatic rings. The van der Waals surface area contributed by atoms with Crippen LogP contribution in [0.1, 0.15) is 22.3 Å². The molecule has 4 nitrogen and oxygen atoms in total. The number of hydrogen-bond acceptors (Lipinski definition) is 6. The second kappa shape index (κ2) is 7.00. The number of ether oxygens (including phenoxy) is 1. The molecule has 2 rings (SSSR count). The molecular formula is C12H13ClN2O2S2. The standard InChI is InChI=1S/C12H13ClN2O2S2/c1-17-12(16)5-8(9-3-2-4-18-9)14-7-11-15-6-10(13)19-11/h2-4,6,8,14H,5,7H2,1H3. The lowest BCUT2D eigenvalue weighted by Gasteiger charge is -2.15. The van der Waals surface area contributed by atoms with Gasteiger partial charge in [-0.1, -0.05) is 17.7 Å². The second-order valence-corrected chi connectivity index (χ2v) is 6.51. The van der Waals surface area contributed by atoms with Gasteiger partial charge < -0.3 is 10.1 Å². The Morgan fingerprint density at radius 2 is 2.47 bits per heavy atom. The molecule has 0 aromatic carbocycles. The van der Waals surface area contributed by atoms with E-state index < -0.39 is 0 Å². The molecule has 7 heteroatoms. The van der Waals surface area contributed by atoms with Gasteiger partial charge in [-0.25, -0.2) is 4.98 Å². The molecule has 2 heterocycles. The fourth-order valence-corrected chi connectivity index (χ4v) is 3.30. The summed E-state index contributed by atoms with van der Waals surface area (Å²) in [7, 11) is 1.40. The van der Waals surface area contributed by atoms with Crippen LogP contribution >= 0.6 is 34.3 Å². The molecule has 0 aliphatic rings. The third-order valence-electron chi connectivity index (χ3n) is 2.51. The molecule has 0 fully saturated rings. The summed E-state index contributed by atoms with van der Waals surface area (Å²) in [6, 6.07) is 3.90. The van der Waals surface area contributed by atoms with Crippen LogP contribution in [0, 0.1) is 0 Å². The van der Waals surface area contributed by atoms with Crippen LogP contribution in [-0.2, 0) is 16.1 Å². The molecule has 0 bridgehead atoms. The smallest absolute Gasteiger partial charge is 0.307 e. The first-order chi connectivity index (χ1) is 9.19. The van der Waals surface area contributed by atoms with Crippen LogP contribution in [0.2, 0.25) is 4.34 Å². The van der Waals surface area contributed by atoms with Gasteiger partial charge in [0, 0.05) is 11.4 Å². The molecule has 0 radical (unpaired) electrons. The van der Waals surface area contributed by atoms with E-state index in [0.717, 1.165) is 9.88 Å². The van der Waals surface area contributed by atoms with Gasteiger partial charge in [0.15, 0.2) is 0 Å². The van der Waals surface area contributed by atoms with Crippen LogP contribution in [0.3, 0.4) is 0 Å². The van der Waals surface area contributed by atoms with Crippen molar-refractivity contribution in [1.29, 1.82) is 0 Å². The van der Waals surface area contributed by atoms with Gasteiger partial charge in [-0.3, -0.25) is 4.79 Å². The maximum Gasteiger partial charge on any atom is 0.307 e. The number of halogens is 1. The van der Waals surface area contributed by atoms with E-state index >= 15 is 0 Å². The fraction of sp³-hybridized carbons (Fsp3) is 0.333. The average Bonchev–Trinajstić information content (AvgIpc) is 3.05. The van der Waals surface area contributed by atoms with E-state index in [1.165, 1.54) is 18.4 Å². The lowest BCUT2D eigenvalue weighted by molar-refractivity contribution is -0.141. The highest BCUT2D eigenvalue weighted by Crippen LogP contribution is 2.24. The summed E-state index contributed by atoms with van der Waals surface area (Å²) in [4.78, 5) is 16.7. The van der Waals surface area contributed by atoms with E-state index in [1.54, 1.807) is 17.5 Å². The van der Waals surface area contributed by atoms with Gasteiger partial charge in [-0.15, -0.1) is 22.7 Å². The van der Waals surface area contributed by atoms with E-state index in [-0.39, 0.29) is 12.0 Å². The van der Waals surface area contributed by atoms with Gasteiger partial charge in [0.2, 0.25) is 0 Å². The van der Waals surface area contributed by atoms with E-state index in [2.05, 4.69) is 10.3 Å². The molecule has 1 unspecified atom stereocenters. The molecule has 102 valence electrons. The zero-order valence-electron chi connectivity index (χ0n) is 10.3. The quantitative estimate of drug-likeness (QED) is 0.831. The zero-order chi connectivity index (χ0) is 13.7.